The van der Waals surface area contributed by atoms with Crippen LogP contribution in [0.3, 0.4) is 0 Å². The number of H-pyrrole nitrogens is 1. The molecule has 1 saturated heterocycles. The maximum atomic E-state index is 10.6. The van der Waals surface area contributed by atoms with Crippen molar-refractivity contribution >= 4 is 29.7 Å². The van der Waals surface area contributed by atoms with Gasteiger partial charge in [-0.05, 0) is 37.6 Å². The van der Waals surface area contributed by atoms with Crippen molar-refractivity contribution in [1.29, 1.82) is 0 Å². The van der Waals surface area contributed by atoms with Gasteiger partial charge in [-0.25, -0.2) is 0 Å². The number of nitrogens with zero attached hydrogens (tertiary/aromatic N) is 3. The molecule has 2 aromatic rings. The number of carbonyl (C=O) groups is 1. The Labute approximate surface area is 177 Å². The number of anilines is 2. The van der Waals surface area contributed by atoms with Crippen LogP contribution in [0.25, 0.3) is 0 Å². The molecule has 9 heteroatoms. The van der Waals surface area contributed by atoms with E-state index in [1.807, 2.05) is 20.2 Å². The van der Waals surface area contributed by atoms with E-state index in [-0.39, 0.29) is 0 Å². The maximum Gasteiger partial charge on any atom is 0.211 e. The van der Waals surface area contributed by atoms with Crippen molar-refractivity contribution in [3.63, 3.8) is 0 Å². The first-order chi connectivity index (χ1) is 14.7. The molecule has 2 aliphatic rings. The number of carbonyl (C=O) groups excluding carboxylic acids is 1. The van der Waals surface area contributed by atoms with Gasteiger partial charge in [-0.15, -0.1) is 0 Å². The molecule has 1 aliphatic carbocycles. The summed E-state index contributed by atoms with van der Waals surface area (Å²) in [5.74, 6) is 0. The second-order valence-corrected chi connectivity index (χ2v) is 7.27. The van der Waals surface area contributed by atoms with Crippen LogP contribution in [-0.2, 0) is 16.1 Å². The molecule has 9 nitrogen and oxygen atoms in total. The van der Waals surface area contributed by atoms with Crippen LogP contribution < -0.4 is 16.0 Å². The van der Waals surface area contributed by atoms with E-state index in [4.69, 9.17) is 4.74 Å². The summed E-state index contributed by atoms with van der Waals surface area (Å²) in [7, 11) is 3.89. The number of nitrogens with one attached hydrogen (secondary N) is 4. The zero-order valence-corrected chi connectivity index (χ0v) is 17.6. The second kappa shape index (κ2) is 11.4. The van der Waals surface area contributed by atoms with E-state index in [9.17, 15) is 4.79 Å². The third kappa shape index (κ3) is 6.65. The summed E-state index contributed by atoms with van der Waals surface area (Å²) in [6.07, 6.45) is 6.60. The predicted molar refractivity (Wildman–Crippen MR) is 120 cm³/mol. The number of hydrogen-bond acceptors (Lipinski definition) is 7. The number of amides is 1. The normalized spacial score (nSPS) is 16.7. The molecular formula is C21H31N7O2. The maximum absolute atomic E-state index is 10.6. The minimum Gasteiger partial charge on any atom is -0.386 e. The molecule has 1 aromatic heterocycles. The van der Waals surface area contributed by atoms with Gasteiger partial charge < -0.3 is 20.7 Å². The van der Waals surface area contributed by atoms with E-state index in [1.165, 1.54) is 18.4 Å². The fraction of sp³-hybridized carbons (Fsp3) is 0.476. The zero-order chi connectivity index (χ0) is 21.2. The quantitative estimate of drug-likeness (QED) is 0.389. The lowest BCUT2D eigenvalue weighted by molar-refractivity contribution is -0.105. The zero-order valence-electron chi connectivity index (χ0n) is 17.6. The van der Waals surface area contributed by atoms with Crippen LogP contribution in [0.15, 0.2) is 29.4 Å². The Bertz CT molecular complexity index is 827. The lowest BCUT2D eigenvalue weighted by Crippen LogP contribution is -2.35. The lowest BCUT2D eigenvalue weighted by Gasteiger charge is -2.26. The molecule has 2 heterocycles. The molecule has 4 N–H and O–H groups in total. The highest BCUT2D eigenvalue weighted by molar-refractivity contribution is 5.90. The van der Waals surface area contributed by atoms with Crippen LogP contribution in [0.4, 0.5) is 17.1 Å². The van der Waals surface area contributed by atoms with Crippen molar-refractivity contribution < 1.29 is 9.53 Å². The minimum absolute atomic E-state index is 0.591. The van der Waals surface area contributed by atoms with Gasteiger partial charge in [0, 0.05) is 32.7 Å². The Morgan fingerprint density at radius 1 is 1.27 bits per heavy atom. The van der Waals surface area contributed by atoms with Gasteiger partial charge in [0.2, 0.25) is 6.41 Å². The van der Waals surface area contributed by atoms with Crippen molar-refractivity contribution in [2.24, 2.45) is 4.99 Å². The summed E-state index contributed by atoms with van der Waals surface area (Å²) in [5.41, 5.74) is 4.24. The Morgan fingerprint density at radius 3 is 2.70 bits per heavy atom. The first-order valence-electron chi connectivity index (χ1n) is 10.3. The average molecular weight is 414 g/mol. The number of aliphatic imine (C=N–C) groups is 1. The summed E-state index contributed by atoms with van der Waals surface area (Å²) >= 11 is 0. The number of ether oxygens (including phenoxy) is 1. The third-order valence-electron chi connectivity index (χ3n) is 5.04. The number of rotatable bonds is 8. The van der Waals surface area contributed by atoms with E-state index in [0.717, 1.165) is 50.3 Å². The van der Waals surface area contributed by atoms with E-state index >= 15 is 0 Å². The fourth-order valence-electron chi connectivity index (χ4n) is 3.09. The van der Waals surface area contributed by atoms with E-state index in [0.29, 0.717) is 17.8 Å². The summed E-state index contributed by atoms with van der Waals surface area (Å²) in [6.45, 7) is 4.41. The third-order valence-corrected chi connectivity index (χ3v) is 5.04. The van der Waals surface area contributed by atoms with E-state index in [2.05, 4.69) is 48.2 Å². The lowest BCUT2D eigenvalue weighted by atomic mass is 10.1. The molecule has 0 unspecified atom stereocenters. The Morgan fingerprint density at radius 2 is 2.07 bits per heavy atom. The van der Waals surface area contributed by atoms with Gasteiger partial charge in [0.1, 0.15) is 0 Å². The largest absolute Gasteiger partial charge is 0.386 e. The Hall–Kier alpha value is -2.75. The number of aromatic amines is 1. The number of aromatic nitrogens is 2. The van der Waals surface area contributed by atoms with Crippen LogP contribution >= 0.6 is 0 Å². The number of morpholine rings is 1. The smallest absolute Gasteiger partial charge is 0.211 e. The molecule has 4 rings (SSSR count). The number of benzene rings is 1. The second-order valence-electron chi connectivity index (χ2n) is 7.27. The highest BCUT2D eigenvalue weighted by Gasteiger charge is 2.17. The standard InChI is InChI=1S/C17H22N6O2.C4H9N/c1-18-15-8-13(11-23-4-6-25-7-5-23)2-3-14(15)19-9-17-16(20-12-24)10-21-22-17;1-5-4-2-3-4/h2-3,8-10,12,18H,4-7,11H2,1H3,(H,20,24)(H,21,22);4-5H,2-3H2,1H3. The molecule has 0 atom stereocenters. The van der Waals surface area contributed by atoms with Crippen molar-refractivity contribution in [2.75, 3.05) is 51.0 Å². The topological polar surface area (TPSA) is 107 Å². The molecule has 1 saturated carbocycles. The predicted octanol–water partition coefficient (Wildman–Crippen LogP) is 1.97. The van der Waals surface area contributed by atoms with Crippen molar-refractivity contribution in [3.8, 4) is 0 Å². The minimum atomic E-state index is 0.591. The first-order valence-corrected chi connectivity index (χ1v) is 10.3. The van der Waals surface area contributed by atoms with E-state index < -0.39 is 0 Å². The Balaban J connectivity index is 0.000000448. The highest BCUT2D eigenvalue weighted by Crippen LogP contribution is 2.27. The molecule has 2 fully saturated rings. The van der Waals surface area contributed by atoms with Gasteiger partial charge in [-0.1, -0.05) is 6.07 Å². The van der Waals surface area contributed by atoms with Gasteiger partial charge in [0.25, 0.3) is 0 Å². The van der Waals surface area contributed by atoms with E-state index in [1.54, 1.807) is 12.4 Å². The highest BCUT2D eigenvalue weighted by atomic mass is 16.5. The summed E-state index contributed by atoms with van der Waals surface area (Å²) in [5, 5.41) is 15.6. The van der Waals surface area contributed by atoms with Crippen LogP contribution in [-0.4, -0.2) is 74.2 Å². The van der Waals surface area contributed by atoms with Crippen molar-refractivity contribution in [2.45, 2.75) is 25.4 Å². The van der Waals surface area contributed by atoms with Crippen LogP contribution in [0.2, 0.25) is 0 Å². The van der Waals surface area contributed by atoms with Crippen LogP contribution in [0.1, 0.15) is 24.1 Å². The van der Waals surface area contributed by atoms with Gasteiger partial charge in [-0.2, -0.15) is 5.10 Å². The summed E-state index contributed by atoms with van der Waals surface area (Å²) in [4.78, 5) is 17.5. The molecule has 0 spiro atoms. The summed E-state index contributed by atoms with van der Waals surface area (Å²) in [6, 6.07) is 7.07. The van der Waals surface area contributed by atoms with Gasteiger partial charge in [0.05, 0.1) is 48.4 Å². The number of hydrogen-bond donors (Lipinski definition) is 4. The molecule has 30 heavy (non-hydrogen) atoms. The van der Waals surface area contributed by atoms with Crippen molar-refractivity contribution in [3.05, 3.63) is 35.7 Å². The molecule has 1 aromatic carbocycles. The summed E-state index contributed by atoms with van der Waals surface area (Å²) < 4.78 is 5.39. The monoisotopic (exact) mass is 413 g/mol. The SMILES string of the molecule is CNC1CC1.CNc1cc(CN2CCOCC2)ccc1N=Cc1[nH]ncc1NC=O. The fourth-order valence-corrected chi connectivity index (χ4v) is 3.09. The first kappa shape index (κ1) is 21.9. The molecule has 1 aliphatic heterocycles. The van der Waals surface area contributed by atoms with Gasteiger partial charge in [-0.3, -0.25) is 19.8 Å². The molecular weight excluding hydrogens is 382 g/mol. The van der Waals surface area contributed by atoms with Crippen molar-refractivity contribution in [1.82, 2.24) is 20.4 Å². The van der Waals surface area contributed by atoms with Gasteiger partial charge >= 0.3 is 0 Å². The van der Waals surface area contributed by atoms with Crippen LogP contribution in [0, 0.1) is 0 Å². The molecule has 0 bridgehead atoms. The molecule has 162 valence electrons. The Kier molecular flexibility index (Phi) is 8.37. The van der Waals surface area contributed by atoms with Crippen LogP contribution in [0.5, 0.6) is 0 Å². The average Bonchev–Trinajstić information content (AvgIpc) is 3.53. The molecule has 1 amide bonds. The van der Waals surface area contributed by atoms with Gasteiger partial charge in [0.15, 0.2) is 0 Å². The molecule has 0 radical (unpaired) electrons.